The summed E-state index contributed by atoms with van der Waals surface area (Å²) in [5.41, 5.74) is 7.24. The topological polar surface area (TPSA) is 101 Å². The largest absolute Gasteiger partial charge is 0.480 e. The lowest BCUT2D eigenvalue weighted by atomic mass is 9.98. The molecule has 0 spiro atoms. The van der Waals surface area contributed by atoms with Gasteiger partial charge in [-0.2, -0.15) is 0 Å². The van der Waals surface area contributed by atoms with Crippen molar-refractivity contribution in [1.82, 2.24) is 10.3 Å². The second-order valence-electron chi connectivity index (χ2n) is 9.95. The van der Waals surface area contributed by atoms with Gasteiger partial charge in [-0.1, -0.05) is 84.9 Å². The van der Waals surface area contributed by atoms with Gasteiger partial charge in [0.15, 0.2) is 0 Å². The van der Waals surface area contributed by atoms with Crippen LogP contribution in [-0.2, 0) is 9.53 Å². The normalized spacial score (nSPS) is 13.0. The van der Waals surface area contributed by atoms with E-state index in [2.05, 4.69) is 22.8 Å². The quantitative estimate of drug-likeness (QED) is 0.147. The highest BCUT2D eigenvalue weighted by Gasteiger charge is 2.29. The monoisotopic (exact) mass is 531 g/mol. The molecule has 0 bridgehead atoms. The molecule has 1 aliphatic carbocycles. The number of amides is 1. The summed E-state index contributed by atoms with van der Waals surface area (Å²) in [5, 5.41) is 17.8. The van der Waals surface area contributed by atoms with Crippen molar-refractivity contribution >= 4 is 39.6 Å². The first-order chi connectivity index (χ1) is 19.6. The van der Waals surface area contributed by atoms with Gasteiger partial charge >= 0.3 is 12.1 Å². The smallest absolute Gasteiger partial charge is 0.407 e. The number of fused-ring (bicyclic) bond motifs is 5. The zero-order chi connectivity index (χ0) is 27.5. The molecule has 1 amide bonds. The van der Waals surface area contributed by atoms with E-state index < -0.39 is 18.1 Å². The fraction of sp³-hybridized carbons (Fsp3) is 0.182. The number of alkyl carbamates (subject to hydrolysis) is 1. The second kappa shape index (κ2) is 11.1. The van der Waals surface area contributed by atoms with Crippen molar-refractivity contribution in [1.29, 1.82) is 0 Å². The molecule has 0 saturated heterocycles. The second-order valence-corrected chi connectivity index (χ2v) is 9.95. The molecule has 1 aromatic heterocycles. The number of carboxylic acid groups (broad SMARTS) is 1. The molecule has 0 unspecified atom stereocenters. The maximum absolute atomic E-state index is 12.7. The molecule has 0 aliphatic heterocycles. The van der Waals surface area contributed by atoms with E-state index in [9.17, 15) is 14.7 Å². The van der Waals surface area contributed by atoms with Crippen molar-refractivity contribution in [2.75, 3.05) is 18.5 Å². The molecular formula is C33H29N3O4. The fourth-order valence-electron chi connectivity index (χ4n) is 5.59. The Bertz CT molecular complexity index is 1620. The van der Waals surface area contributed by atoms with E-state index in [-0.39, 0.29) is 18.9 Å². The number of para-hydroxylation sites is 2. The van der Waals surface area contributed by atoms with Crippen LogP contribution in [0.5, 0.6) is 0 Å². The van der Waals surface area contributed by atoms with Crippen LogP contribution in [0.2, 0.25) is 0 Å². The van der Waals surface area contributed by atoms with Crippen molar-refractivity contribution in [2.24, 2.45) is 0 Å². The first-order valence-corrected chi connectivity index (χ1v) is 13.5. The van der Waals surface area contributed by atoms with Crippen molar-refractivity contribution in [3.05, 3.63) is 108 Å². The summed E-state index contributed by atoms with van der Waals surface area (Å²) in [6.45, 7) is 0.671. The predicted molar refractivity (Wildman–Crippen MR) is 157 cm³/mol. The minimum Gasteiger partial charge on any atom is -0.480 e. The summed E-state index contributed by atoms with van der Waals surface area (Å²) in [5.74, 6) is -1.18. The van der Waals surface area contributed by atoms with Crippen molar-refractivity contribution in [2.45, 2.75) is 24.8 Å². The van der Waals surface area contributed by atoms with Gasteiger partial charge in [-0.25, -0.2) is 14.6 Å². The fourth-order valence-corrected chi connectivity index (χ4v) is 5.59. The number of carbonyl (C=O) groups is 2. The van der Waals surface area contributed by atoms with Crippen LogP contribution in [0.25, 0.3) is 32.9 Å². The number of ether oxygens (including phenoxy) is 1. The van der Waals surface area contributed by atoms with Gasteiger partial charge in [0.05, 0.1) is 16.7 Å². The number of rotatable bonds is 9. The predicted octanol–water partition coefficient (Wildman–Crippen LogP) is 6.57. The number of nitrogens with zero attached hydrogens (tertiary/aromatic N) is 1. The molecule has 1 heterocycles. The Morgan fingerprint density at radius 3 is 1.95 bits per heavy atom. The molecule has 3 N–H and O–H groups in total. The third kappa shape index (κ3) is 4.94. The molecule has 0 fully saturated rings. The standard InChI is InChI=1S/C33H29N3O4/c37-32(38)30(18-9-19-34-31-25-14-5-7-16-28(25)35-29-17-8-6-15-26(29)31)36-33(39)40-20-27-23-12-3-1-10-21(23)22-11-2-4-13-24(22)27/h1-8,10-17,27,30H,9,18-20H2,(H,34,35)(H,36,39)(H,37,38)/t30-/m0/s1. The molecule has 4 aromatic carbocycles. The highest BCUT2D eigenvalue weighted by molar-refractivity contribution is 6.07. The number of aromatic nitrogens is 1. The minimum atomic E-state index is -1.09. The average Bonchev–Trinajstić information content (AvgIpc) is 3.30. The van der Waals surface area contributed by atoms with Gasteiger partial charge in [0, 0.05) is 23.2 Å². The first-order valence-electron chi connectivity index (χ1n) is 13.5. The minimum absolute atomic E-state index is 0.0874. The molecule has 200 valence electrons. The van der Waals surface area contributed by atoms with Gasteiger partial charge in [-0.3, -0.25) is 0 Å². The number of nitrogens with one attached hydrogen (secondary N) is 2. The van der Waals surface area contributed by atoms with Crippen LogP contribution in [0.1, 0.15) is 29.9 Å². The summed E-state index contributed by atoms with van der Waals surface area (Å²) in [6, 6.07) is 31.0. The molecule has 0 saturated carbocycles. The van der Waals surface area contributed by atoms with Crippen LogP contribution in [-0.4, -0.2) is 41.3 Å². The zero-order valence-electron chi connectivity index (χ0n) is 21.8. The number of aliphatic carboxylic acids is 1. The van der Waals surface area contributed by atoms with E-state index in [1.807, 2.05) is 84.9 Å². The maximum atomic E-state index is 12.7. The number of hydrogen-bond acceptors (Lipinski definition) is 5. The van der Waals surface area contributed by atoms with Crippen molar-refractivity contribution in [3.8, 4) is 11.1 Å². The molecule has 7 nitrogen and oxygen atoms in total. The summed E-state index contributed by atoms with van der Waals surface area (Å²) in [6.07, 6.45) is 0.0624. The van der Waals surface area contributed by atoms with E-state index in [4.69, 9.17) is 9.72 Å². The van der Waals surface area contributed by atoms with Crippen LogP contribution in [0.15, 0.2) is 97.1 Å². The number of carbonyl (C=O) groups excluding carboxylic acids is 1. The van der Waals surface area contributed by atoms with Gasteiger partial charge in [0.2, 0.25) is 0 Å². The lowest BCUT2D eigenvalue weighted by Crippen LogP contribution is -2.41. The van der Waals surface area contributed by atoms with Gasteiger partial charge in [-0.05, 0) is 47.2 Å². The highest BCUT2D eigenvalue weighted by atomic mass is 16.5. The molecule has 1 atom stereocenters. The molecule has 1 aliphatic rings. The van der Waals surface area contributed by atoms with Crippen LogP contribution in [0, 0.1) is 0 Å². The lowest BCUT2D eigenvalue weighted by molar-refractivity contribution is -0.139. The number of anilines is 1. The average molecular weight is 532 g/mol. The van der Waals surface area contributed by atoms with Gasteiger partial charge in [0.25, 0.3) is 0 Å². The highest BCUT2D eigenvalue weighted by Crippen LogP contribution is 2.44. The summed E-state index contributed by atoms with van der Waals surface area (Å²) >= 11 is 0. The Labute approximate surface area is 231 Å². The number of benzene rings is 4. The van der Waals surface area contributed by atoms with Gasteiger partial charge in [-0.15, -0.1) is 0 Å². The number of carboxylic acids is 1. The van der Waals surface area contributed by atoms with E-state index in [1.54, 1.807) is 0 Å². The number of pyridine rings is 1. The summed E-state index contributed by atoms with van der Waals surface area (Å²) in [4.78, 5) is 29.3. The molecule has 7 heteroatoms. The van der Waals surface area contributed by atoms with E-state index in [0.29, 0.717) is 13.0 Å². The molecule has 40 heavy (non-hydrogen) atoms. The van der Waals surface area contributed by atoms with Crippen LogP contribution >= 0.6 is 0 Å². The third-order valence-corrected chi connectivity index (χ3v) is 7.49. The third-order valence-electron chi connectivity index (χ3n) is 7.49. The van der Waals surface area contributed by atoms with Crippen LogP contribution in [0.4, 0.5) is 10.5 Å². The van der Waals surface area contributed by atoms with E-state index in [0.717, 1.165) is 49.7 Å². The Balaban J connectivity index is 1.07. The maximum Gasteiger partial charge on any atom is 0.407 e. The molecule has 0 radical (unpaired) electrons. The summed E-state index contributed by atoms with van der Waals surface area (Å²) in [7, 11) is 0. The van der Waals surface area contributed by atoms with E-state index >= 15 is 0 Å². The van der Waals surface area contributed by atoms with E-state index in [1.165, 1.54) is 0 Å². The molecule has 5 aromatic rings. The van der Waals surface area contributed by atoms with Crippen molar-refractivity contribution < 1.29 is 19.4 Å². The SMILES string of the molecule is O=C(N[C@@H](CCCNc1c2ccccc2nc2ccccc12)C(=O)O)OCC1c2ccccc2-c2ccccc21. The van der Waals surface area contributed by atoms with Crippen LogP contribution < -0.4 is 10.6 Å². The molecular weight excluding hydrogens is 502 g/mol. The Kier molecular flexibility index (Phi) is 7.02. The zero-order valence-corrected chi connectivity index (χ0v) is 21.8. The Hall–Kier alpha value is -4.91. The lowest BCUT2D eigenvalue weighted by Gasteiger charge is -2.18. The Morgan fingerprint density at radius 2 is 1.35 bits per heavy atom. The van der Waals surface area contributed by atoms with Gasteiger partial charge < -0.3 is 20.5 Å². The Morgan fingerprint density at radius 1 is 0.800 bits per heavy atom. The van der Waals surface area contributed by atoms with Gasteiger partial charge in [0.1, 0.15) is 12.6 Å². The van der Waals surface area contributed by atoms with Crippen LogP contribution in [0.3, 0.4) is 0 Å². The summed E-state index contributed by atoms with van der Waals surface area (Å²) < 4.78 is 5.56. The first kappa shape index (κ1) is 25.4. The van der Waals surface area contributed by atoms with Crippen molar-refractivity contribution in [3.63, 3.8) is 0 Å². The number of hydrogen-bond donors (Lipinski definition) is 3. The molecule has 6 rings (SSSR count).